The van der Waals surface area contributed by atoms with Crippen LogP contribution in [0.3, 0.4) is 0 Å². The van der Waals surface area contributed by atoms with E-state index in [9.17, 15) is 18.4 Å². The minimum Gasteiger partial charge on any atom is -0.297 e. The van der Waals surface area contributed by atoms with Crippen LogP contribution in [-0.2, 0) is 4.79 Å². The molecule has 0 bridgehead atoms. The molecule has 1 heterocycles. The Hall–Kier alpha value is -1.37. The van der Waals surface area contributed by atoms with Crippen molar-refractivity contribution in [3.63, 3.8) is 0 Å². The number of thiazole rings is 1. The summed E-state index contributed by atoms with van der Waals surface area (Å²) < 4.78 is 23.6. The van der Waals surface area contributed by atoms with Gasteiger partial charge in [-0.05, 0) is 0 Å². The predicted molar refractivity (Wildman–Crippen MR) is 46.8 cm³/mol. The molecule has 0 fully saturated rings. The van der Waals surface area contributed by atoms with Gasteiger partial charge in [-0.3, -0.25) is 14.9 Å². The molecule has 0 aliphatic heterocycles. The molecule has 0 aliphatic rings. The van der Waals surface area contributed by atoms with Gasteiger partial charge in [-0.2, -0.15) is 8.78 Å². The predicted octanol–water partition coefficient (Wildman–Crippen LogP) is 1.55. The van der Waals surface area contributed by atoms with Crippen LogP contribution >= 0.6 is 11.3 Å². The molecule has 0 atom stereocenters. The van der Waals surface area contributed by atoms with Gasteiger partial charge in [0.25, 0.3) is 5.91 Å². The highest BCUT2D eigenvalue weighted by molar-refractivity contribution is 7.14. The van der Waals surface area contributed by atoms with E-state index in [4.69, 9.17) is 0 Å². The molecule has 1 N–H and O–H groups in total. The molecule has 0 radical (unpaired) electrons. The van der Waals surface area contributed by atoms with Crippen molar-refractivity contribution in [1.29, 1.82) is 0 Å². The highest BCUT2D eigenvalue weighted by Crippen LogP contribution is 2.16. The van der Waals surface area contributed by atoms with E-state index in [1.54, 1.807) is 0 Å². The fourth-order valence-electron chi connectivity index (χ4n) is 0.653. The summed E-state index contributed by atoms with van der Waals surface area (Å²) in [6.07, 6.45) is -3.08. The number of aromatic nitrogens is 1. The van der Waals surface area contributed by atoms with E-state index in [0.29, 0.717) is 0 Å². The van der Waals surface area contributed by atoms with Crippen LogP contribution in [0, 0.1) is 0 Å². The molecule has 0 aliphatic carbocycles. The van der Waals surface area contributed by atoms with Crippen LogP contribution in [0.4, 0.5) is 13.9 Å². The van der Waals surface area contributed by atoms with Gasteiger partial charge in [-0.15, -0.1) is 11.3 Å². The van der Waals surface area contributed by atoms with Crippen LogP contribution in [0.5, 0.6) is 0 Å². The number of hydrogen-bond donors (Lipinski definition) is 1. The standard InChI is InChI=1S/C7H6F2N2O2S/c1-3(12)4-2-14-7(10-4)11-6(13)5(8)9/h2,5H,1H3,(H,10,11,13). The molecular formula is C7H6F2N2O2S. The van der Waals surface area contributed by atoms with Crippen molar-refractivity contribution in [2.75, 3.05) is 5.32 Å². The van der Waals surface area contributed by atoms with E-state index < -0.39 is 12.3 Å². The molecule has 1 amide bonds. The maximum Gasteiger partial charge on any atom is 0.315 e. The van der Waals surface area contributed by atoms with Gasteiger partial charge >= 0.3 is 6.43 Å². The van der Waals surface area contributed by atoms with Crippen LogP contribution in [0.1, 0.15) is 17.4 Å². The van der Waals surface area contributed by atoms with E-state index in [2.05, 4.69) is 4.98 Å². The van der Waals surface area contributed by atoms with Crippen LogP contribution in [0.25, 0.3) is 0 Å². The SMILES string of the molecule is CC(=O)c1csc(NC(=O)C(F)F)n1. The zero-order chi connectivity index (χ0) is 10.7. The number of amides is 1. The quantitative estimate of drug-likeness (QED) is 0.786. The lowest BCUT2D eigenvalue weighted by molar-refractivity contribution is -0.126. The highest BCUT2D eigenvalue weighted by Gasteiger charge is 2.17. The lowest BCUT2D eigenvalue weighted by atomic mass is 10.4. The number of carbonyl (C=O) groups is 2. The summed E-state index contributed by atoms with van der Waals surface area (Å²) in [5.74, 6) is -1.70. The van der Waals surface area contributed by atoms with E-state index in [-0.39, 0.29) is 16.6 Å². The van der Waals surface area contributed by atoms with E-state index in [1.807, 2.05) is 5.32 Å². The second-order valence-electron chi connectivity index (χ2n) is 2.38. The maximum atomic E-state index is 11.8. The molecule has 1 aromatic rings. The lowest BCUT2D eigenvalue weighted by Gasteiger charge is -1.97. The topological polar surface area (TPSA) is 59.1 Å². The Labute approximate surface area is 82.0 Å². The first-order valence-corrected chi connectivity index (χ1v) is 4.44. The summed E-state index contributed by atoms with van der Waals surface area (Å²) in [6.45, 7) is 1.30. The van der Waals surface area contributed by atoms with Crippen LogP contribution < -0.4 is 5.32 Å². The Morgan fingerprint density at radius 3 is 2.64 bits per heavy atom. The molecule has 1 rings (SSSR count). The second-order valence-corrected chi connectivity index (χ2v) is 3.24. The first kappa shape index (κ1) is 10.7. The van der Waals surface area contributed by atoms with Crippen LogP contribution in [-0.4, -0.2) is 23.1 Å². The average Bonchev–Trinajstić information content (AvgIpc) is 2.52. The number of ketones is 1. The summed E-state index contributed by atoms with van der Waals surface area (Å²) in [4.78, 5) is 24.9. The first-order chi connectivity index (χ1) is 6.50. The van der Waals surface area contributed by atoms with Gasteiger partial charge in [-0.1, -0.05) is 0 Å². The molecule has 0 spiro atoms. The smallest absolute Gasteiger partial charge is 0.297 e. The van der Waals surface area contributed by atoms with E-state index in [1.165, 1.54) is 12.3 Å². The largest absolute Gasteiger partial charge is 0.315 e. The maximum absolute atomic E-state index is 11.8. The fraction of sp³-hybridized carbons (Fsp3) is 0.286. The molecule has 0 saturated carbocycles. The van der Waals surface area contributed by atoms with Crippen LogP contribution in [0.15, 0.2) is 5.38 Å². The van der Waals surface area contributed by atoms with Crippen molar-refractivity contribution in [3.05, 3.63) is 11.1 Å². The highest BCUT2D eigenvalue weighted by atomic mass is 32.1. The third kappa shape index (κ3) is 2.56. The summed E-state index contributed by atoms with van der Waals surface area (Å²) >= 11 is 0.926. The van der Waals surface area contributed by atoms with Gasteiger partial charge in [0, 0.05) is 12.3 Å². The molecule has 0 unspecified atom stereocenters. The second kappa shape index (κ2) is 4.23. The minimum atomic E-state index is -3.08. The van der Waals surface area contributed by atoms with E-state index in [0.717, 1.165) is 11.3 Å². The Kier molecular flexibility index (Phi) is 3.23. The average molecular weight is 220 g/mol. The normalized spacial score (nSPS) is 10.3. The number of carbonyl (C=O) groups excluding carboxylic acids is 2. The summed E-state index contributed by atoms with van der Waals surface area (Å²) in [7, 11) is 0. The number of nitrogens with one attached hydrogen (secondary N) is 1. The van der Waals surface area contributed by atoms with Crippen molar-refractivity contribution in [3.8, 4) is 0 Å². The molecule has 14 heavy (non-hydrogen) atoms. The van der Waals surface area contributed by atoms with Gasteiger partial charge in [0.2, 0.25) is 0 Å². The van der Waals surface area contributed by atoms with Gasteiger partial charge in [0.15, 0.2) is 10.9 Å². The van der Waals surface area contributed by atoms with Crippen molar-refractivity contribution in [1.82, 2.24) is 4.98 Å². The summed E-state index contributed by atoms with van der Waals surface area (Å²) in [5.41, 5.74) is 0.152. The van der Waals surface area contributed by atoms with Gasteiger partial charge < -0.3 is 0 Å². The third-order valence-corrected chi connectivity index (χ3v) is 2.05. The first-order valence-electron chi connectivity index (χ1n) is 3.56. The molecule has 7 heteroatoms. The zero-order valence-corrected chi connectivity index (χ0v) is 7.90. The van der Waals surface area contributed by atoms with Crippen molar-refractivity contribution in [2.24, 2.45) is 0 Å². The van der Waals surface area contributed by atoms with Crippen LogP contribution in [0.2, 0.25) is 0 Å². The van der Waals surface area contributed by atoms with Gasteiger partial charge in [0.1, 0.15) is 5.69 Å². The van der Waals surface area contributed by atoms with E-state index >= 15 is 0 Å². The Morgan fingerprint density at radius 2 is 2.21 bits per heavy atom. The fourth-order valence-corrected chi connectivity index (χ4v) is 1.41. The third-order valence-electron chi connectivity index (χ3n) is 1.29. The van der Waals surface area contributed by atoms with Crippen molar-refractivity contribution < 1.29 is 18.4 Å². The lowest BCUT2D eigenvalue weighted by Crippen LogP contribution is -2.19. The Balaban J connectivity index is 2.69. The number of anilines is 1. The number of nitrogens with zero attached hydrogens (tertiary/aromatic N) is 1. The minimum absolute atomic E-state index is 0.000463. The Morgan fingerprint density at radius 1 is 1.57 bits per heavy atom. The van der Waals surface area contributed by atoms with Gasteiger partial charge in [-0.25, -0.2) is 4.98 Å². The van der Waals surface area contributed by atoms with Crippen molar-refractivity contribution >= 4 is 28.2 Å². The summed E-state index contributed by atoms with van der Waals surface area (Å²) in [6, 6.07) is 0. The Bertz CT molecular complexity index is 364. The monoisotopic (exact) mass is 220 g/mol. The number of Topliss-reactive ketones (excluding diaryl/α,β-unsaturated/α-hetero) is 1. The molecule has 0 saturated heterocycles. The number of halogens is 2. The molecule has 4 nitrogen and oxygen atoms in total. The number of rotatable bonds is 3. The summed E-state index contributed by atoms with van der Waals surface area (Å²) in [5, 5.41) is 3.28. The molecule has 76 valence electrons. The van der Waals surface area contributed by atoms with Gasteiger partial charge in [0.05, 0.1) is 0 Å². The van der Waals surface area contributed by atoms with Crippen molar-refractivity contribution in [2.45, 2.75) is 13.3 Å². The molecule has 1 aromatic heterocycles. The molecule has 0 aromatic carbocycles. The number of alkyl halides is 2. The zero-order valence-electron chi connectivity index (χ0n) is 7.08. The molecular weight excluding hydrogens is 214 g/mol. The number of hydrogen-bond acceptors (Lipinski definition) is 4.